The fraction of sp³-hybridized carbons (Fsp3) is 0.750. The van der Waals surface area contributed by atoms with Crippen LogP contribution in [0.3, 0.4) is 0 Å². The molecule has 0 unspecified atom stereocenters. The van der Waals surface area contributed by atoms with Gasteiger partial charge in [-0.05, 0) is 13.6 Å². The highest BCUT2D eigenvalue weighted by Crippen LogP contribution is 1.67. The highest BCUT2D eigenvalue weighted by atomic mass is 15.0. The van der Waals surface area contributed by atoms with Crippen molar-refractivity contribution in [3.63, 3.8) is 0 Å². The van der Waals surface area contributed by atoms with Gasteiger partial charge in [-0.15, -0.1) is 0 Å². The van der Waals surface area contributed by atoms with E-state index in [1.807, 2.05) is 6.92 Å². The van der Waals surface area contributed by atoms with Gasteiger partial charge >= 0.3 is 0 Å². The molecule has 0 N–H and O–H groups in total. The Hall–Kier alpha value is -0.0400. The number of hydrogen-bond acceptors (Lipinski definition) is 1. The van der Waals surface area contributed by atoms with E-state index in [2.05, 4.69) is 0 Å². The first kappa shape index (κ1) is 4.96. The maximum Gasteiger partial charge on any atom is 0.0879 e. The molecular formula is C4H8N. The predicted molar refractivity (Wildman–Crippen MR) is 21.5 cm³/mol. The fourth-order valence-electron chi connectivity index (χ4n) is 0. The Balaban J connectivity index is 2.54. The quantitative estimate of drug-likeness (QED) is 0.434. The van der Waals surface area contributed by atoms with E-state index in [9.17, 15) is 0 Å². The van der Waals surface area contributed by atoms with Crippen LogP contribution in [0, 0.1) is 7.05 Å². The lowest BCUT2D eigenvalue weighted by Crippen LogP contribution is -2.05. The van der Waals surface area contributed by atoms with Gasteiger partial charge in [-0.25, -0.2) is 0 Å². The Morgan fingerprint density at radius 3 is 2.00 bits per heavy atom. The second-order valence-electron chi connectivity index (χ2n) is 1.01. The van der Waals surface area contributed by atoms with E-state index in [-0.39, 0.29) is 0 Å². The SMILES string of the molecule is [C]N(C)CC. The number of hydrogen-bond donors (Lipinski definition) is 0. The summed E-state index contributed by atoms with van der Waals surface area (Å²) in [4.78, 5) is 1.38. The van der Waals surface area contributed by atoms with Crippen LogP contribution in [0.25, 0.3) is 0 Å². The monoisotopic (exact) mass is 70.1 g/mol. The summed E-state index contributed by atoms with van der Waals surface area (Å²) >= 11 is 0. The van der Waals surface area contributed by atoms with Gasteiger partial charge in [-0.1, -0.05) is 6.92 Å². The summed E-state index contributed by atoms with van der Waals surface area (Å²) in [6.07, 6.45) is 0. The average molecular weight is 70.1 g/mol. The summed E-state index contributed by atoms with van der Waals surface area (Å²) < 4.78 is 0. The molecule has 0 spiro atoms. The predicted octanol–water partition coefficient (Wildman–Crippen LogP) is 0.484. The molecule has 0 bridgehead atoms. The topological polar surface area (TPSA) is 3.24 Å². The Labute approximate surface area is 33.6 Å². The van der Waals surface area contributed by atoms with Crippen molar-refractivity contribution in [2.75, 3.05) is 13.6 Å². The average Bonchev–Trinajstić information content (AvgIpc) is 1.38. The fourth-order valence-corrected chi connectivity index (χ4v) is 0. The summed E-state index contributed by atoms with van der Waals surface area (Å²) in [6, 6.07) is 0. The Morgan fingerprint density at radius 2 is 2.00 bits per heavy atom. The second kappa shape index (κ2) is 2.21. The summed E-state index contributed by atoms with van der Waals surface area (Å²) in [5, 5.41) is 0. The normalized spacial score (nSPS) is 9.60. The Morgan fingerprint density at radius 1 is 1.80 bits per heavy atom. The van der Waals surface area contributed by atoms with E-state index in [4.69, 9.17) is 7.05 Å². The molecule has 0 aromatic rings. The molecule has 0 saturated heterocycles. The third kappa shape index (κ3) is 3.96. The molecule has 0 saturated carbocycles. The van der Waals surface area contributed by atoms with Crippen LogP contribution >= 0.6 is 0 Å². The molecule has 5 heavy (non-hydrogen) atoms. The first-order valence-corrected chi connectivity index (χ1v) is 1.69. The summed E-state index contributed by atoms with van der Waals surface area (Å²) in [5.41, 5.74) is 0. The van der Waals surface area contributed by atoms with Gasteiger partial charge in [0.2, 0.25) is 0 Å². The summed E-state index contributed by atoms with van der Waals surface area (Å²) in [6.45, 7) is 2.74. The van der Waals surface area contributed by atoms with Crippen molar-refractivity contribution in [1.29, 1.82) is 0 Å². The zero-order valence-electron chi connectivity index (χ0n) is 3.65. The molecule has 0 amide bonds. The number of nitrogens with zero attached hydrogens (tertiary/aromatic N) is 1. The van der Waals surface area contributed by atoms with Gasteiger partial charge in [-0.2, -0.15) is 0 Å². The minimum atomic E-state index is 0.806. The van der Waals surface area contributed by atoms with Crippen molar-refractivity contribution in [1.82, 2.24) is 4.90 Å². The molecule has 29 valence electrons. The number of rotatable bonds is 1. The minimum Gasteiger partial charge on any atom is -0.296 e. The van der Waals surface area contributed by atoms with Crippen LogP contribution in [0.15, 0.2) is 0 Å². The van der Waals surface area contributed by atoms with Crippen molar-refractivity contribution in [2.45, 2.75) is 6.92 Å². The molecule has 1 heteroatoms. The molecule has 3 radical (unpaired) electrons. The van der Waals surface area contributed by atoms with Crippen LogP contribution < -0.4 is 0 Å². The van der Waals surface area contributed by atoms with Gasteiger partial charge in [0, 0.05) is 0 Å². The maximum atomic E-state index is 6.66. The highest BCUT2D eigenvalue weighted by molar-refractivity contribution is 4.34. The Kier molecular flexibility index (Phi) is 2.19. The summed E-state index contributed by atoms with van der Waals surface area (Å²) in [5.74, 6) is 0. The molecule has 0 atom stereocenters. The van der Waals surface area contributed by atoms with Crippen LogP contribution in [0.5, 0.6) is 0 Å². The zero-order valence-corrected chi connectivity index (χ0v) is 3.65. The van der Waals surface area contributed by atoms with Crippen LogP contribution in [0.4, 0.5) is 0 Å². The van der Waals surface area contributed by atoms with Gasteiger partial charge in [0.25, 0.3) is 0 Å². The standard InChI is InChI=1S/C4H8N/c1-4-5(2)3/h4H2,1-2H3. The van der Waals surface area contributed by atoms with Gasteiger partial charge in [0.1, 0.15) is 0 Å². The molecule has 0 heterocycles. The van der Waals surface area contributed by atoms with Crippen LogP contribution in [-0.4, -0.2) is 18.5 Å². The van der Waals surface area contributed by atoms with Gasteiger partial charge in [-0.3, -0.25) is 4.90 Å². The largest absolute Gasteiger partial charge is 0.296 e. The summed E-state index contributed by atoms with van der Waals surface area (Å²) in [7, 11) is 8.38. The molecule has 0 aliphatic carbocycles. The Bertz CT molecular complexity index is 17.6. The van der Waals surface area contributed by atoms with Crippen molar-refractivity contribution >= 4 is 0 Å². The van der Waals surface area contributed by atoms with Crippen molar-refractivity contribution in [3.8, 4) is 0 Å². The molecule has 0 aromatic carbocycles. The highest BCUT2D eigenvalue weighted by Gasteiger charge is 1.74. The molecule has 0 aliphatic rings. The van der Waals surface area contributed by atoms with Crippen molar-refractivity contribution < 1.29 is 0 Å². The molecule has 0 rings (SSSR count). The molecule has 0 fully saturated rings. The lowest BCUT2D eigenvalue weighted by molar-refractivity contribution is 0.478. The smallest absolute Gasteiger partial charge is 0.0879 e. The maximum absolute atomic E-state index is 6.66. The molecule has 0 aliphatic heterocycles. The van der Waals surface area contributed by atoms with E-state index in [0.717, 1.165) is 6.54 Å². The molecule has 1 nitrogen and oxygen atoms in total. The van der Waals surface area contributed by atoms with Crippen molar-refractivity contribution in [3.05, 3.63) is 7.05 Å². The van der Waals surface area contributed by atoms with Crippen LogP contribution in [0.1, 0.15) is 6.92 Å². The molecule has 0 aromatic heterocycles. The van der Waals surface area contributed by atoms with Gasteiger partial charge in [0.15, 0.2) is 0 Å². The van der Waals surface area contributed by atoms with E-state index < -0.39 is 0 Å². The first-order valence-electron chi connectivity index (χ1n) is 1.69. The minimum absolute atomic E-state index is 0.806. The van der Waals surface area contributed by atoms with E-state index >= 15 is 0 Å². The zero-order chi connectivity index (χ0) is 4.28. The third-order valence-corrected chi connectivity index (χ3v) is 0.474. The van der Waals surface area contributed by atoms with Crippen LogP contribution in [0.2, 0.25) is 0 Å². The lowest BCUT2D eigenvalue weighted by atomic mass is 10.7. The molecular weight excluding hydrogens is 62.1 g/mol. The van der Waals surface area contributed by atoms with Crippen LogP contribution in [-0.2, 0) is 0 Å². The van der Waals surface area contributed by atoms with E-state index in [1.165, 1.54) is 4.90 Å². The van der Waals surface area contributed by atoms with E-state index in [0.29, 0.717) is 0 Å². The van der Waals surface area contributed by atoms with Gasteiger partial charge < -0.3 is 0 Å². The second-order valence-corrected chi connectivity index (χ2v) is 1.01. The third-order valence-electron chi connectivity index (χ3n) is 0.474. The lowest BCUT2D eigenvalue weighted by Gasteiger charge is -1.98. The van der Waals surface area contributed by atoms with Crippen molar-refractivity contribution in [2.24, 2.45) is 0 Å². The van der Waals surface area contributed by atoms with Gasteiger partial charge in [0.05, 0.1) is 7.05 Å². The van der Waals surface area contributed by atoms with E-state index in [1.54, 1.807) is 7.05 Å². The first-order chi connectivity index (χ1) is 2.27.